The van der Waals surface area contributed by atoms with E-state index >= 15 is 0 Å². The molecule has 2 nitrogen and oxygen atoms in total. The molecule has 0 rings (SSSR count). The minimum atomic E-state index is -2.18. The highest BCUT2D eigenvalue weighted by Gasteiger charge is 2.05. The molecular formula is C4H12O2S. The van der Waals surface area contributed by atoms with Crippen molar-refractivity contribution < 1.29 is 9.32 Å². The van der Waals surface area contributed by atoms with Gasteiger partial charge in [-0.2, -0.15) is 0 Å². The number of hydrogen-bond donors (Lipinski definition) is 2. The summed E-state index contributed by atoms with van der Waals surface area (Å²) in [6.45, 7) is 1.54. The van der Waals surface area contributed by atoms with Crippen LogP contribution in [-0.4, -0.2) is 27.3 Å². The maximum Gasteiger partial charge on any atom is 0.103 e. The van der Waals surface area contributed by atoms with Gasteiger partial charge >= 0.3 is 0 Å². The van der Waals surface area contributed by atoms with Crippen molar-refractivity contribution in [3.8, 4) is 0 Å². The Hall–Kier alpha value is 0.110. The molecule has 1 unspecified atom stereocenters. The van der Waals surface area contributed by atoms with Crippen LogP contribution in [-0.2, 0) is 9.93 Å². The first-order valence-corrected chi connectivity index (χ1v) is 4.84. The Morgan fingerprint density at radius 2 is 1.71 bits per heavy atom. The van der Waals surface area contributed by atoms with Gasteiger partial charge in [0.1, 0.15) is 5.44 Å². The Morgan fingerprint density at radius 3 is 1.71 bits per heavy atom. The Kier molecular flexibility index (Phi) is 1.95. The SMILES string of the molecule is CC(O)[SH](C)(C)=O. The van der Waals surface area contributed by atoms with E-state index in [1.165, 1.54) is 0 Å². The van der Waals surface area contributed by atoms with E-state index < -0.39 is 15.4 Å². The molecule has 0 heterocycles. The molecule has 0 spiro atoms. The summed E-state index contributed by atoms with van der Waals surface area (Å²) >= 11 is 0. The zero-order valence-corrected chi connectivity index (χ0v) is 5.77. The zero-order valence-electron chi connectivity index (χ0n) is 4.88. The lowest BCUT2D eigenvalue weighted by Gasteiger charge is -2.13. The van der Waals surface area contributed by atoms with E-state index in [0.717, 1.165) is 0 Å². The first-order chi connectivity index (χ1) is 2.94. The van der Waals surface area contributed by atoms with Crippen molar-refractivity contribution in [2.24, 2.45) is 0 Å². The molecule has 0 aromatic rings. The summed E-state index contributed by atoms with van der Waals surface area (Å²) in [6.07, 6.45) is 3.13. The second-order valence-electron chi connectivity index (χ2n) is 2.07. The lowest BCUT2D eigenvalue weighted by Crippen LogP contribution is -2.21. The fraction of sp³-hybridized carbons (Fsp3) is 1.00. The van der Waals surface area contributed by atoms with E-state index in [4.69, 9.17) is 5.11 Å². The van der Waals surface area contributed by atoms with E-state index in [-0.39, 0.29) is 0 Å². The van der Waals surface area contributed by atoms with Gasteiger partial charge in [-0.15, -0.1) is 0 Å². The van der Waals surface area contributed by atoms with Gasteiger partial charge in [-0.1, -0.05) is 9.93 Å². The largest absolute Gasteiger partial charge is 0.382 e. The third kappa shape index (κ3) is 2.76. The molecule has 1 N–H and O–H groups in total. The smallest absolute Gasteiger partial charge is 0.103 e. The second-order valence-corrected chi connectivity index (χ2v) is 5.68. The van der Waals surface area contributed by atoms with Gasteiger partial charge in [0.05, 0.1) is 0 Å². The van der Waals surface area contributed by atoms with E-state index in [0.29, 0.717) is 0 Å². The maximum atomic E-state index is 10.7. The number of hydrogen-bond acceptors (Lipinski definition) is 2. The molecule has 46 valence electrons. The van der Waals surface area contributed by atoms with Gasteiger partial charge in [0.15, 0.2) is 0 Å². The zero-order chi connectivity index (χ0) is 6.08. The Morgan fingerprint density at radius 1 is 1.57 bits per heavy atom. The van der Waals surface area contributed by atoms with Crippen molar-refractivity contribution in [3.63, 3.8) is 0 Å². The number of aliphatic hydroxyl groups is 1. The summed E-state index contributed by atoms with van der Waals surface area (Å²) in [6, 6.07) is 0. The summed E-state index contributed by atoms with van der Waals surface area (Å²) in [5.74, 6) is 0. The average Bonchev–Trinajstić information content (AvgIpc) is 1.31. The Balaban J connectivity index is 3.80. The third-order valence-corrected chi connectivity index (χ3v) is 2.70. The first-order valence-electron chi connectivity index (χ1n) is 2.17. The molecule has 1 atom stereocenters. The lowest BCUT2D eigenvalue weighted by molar-refractivity contribution is 0.274. The fourth-order valence-corrected chi connectivity index (χ4v) is 0. The monoisotopic (exact) mass is 124 g/mol. The first kappa shape index (κ1) is 7.11. The molecule has 0 aliphatic heterocycles. The lowest BCUT2D eigenvalue weighted by atomic mass is 10.9. The Bertz CT molecular complexity index is 91.9. The topological polar surface area (TPSA) is 37.3 Å². The van der Waals surface area contributed by atoms with Crippen LogP contribution in [0.15, 0.2) is 0 Å². The second kappa shape index (κ2) is 1.92. The normalized spacial score (nSPS) is 18.9. The molecule has 0 saturated heterocycles. The summed E-state index contributed by atoms with van der Waals surface area (Å²) < 4.78 is 10.7. The van der Waals surface area contributed by atoms with Crippen LogP contribution in [0.25, 0.3) is 0 Å². The summed E-state index contributed by atoms with van der Waals surface area (Å²) in [5, 5.41) is 8.63. The van der Waals surface area contributed by atoms with Crippen molar-refractivity contribution in [2.75, 3.05) is 12.5 Å². The highest BCUT2D eigenvalue weighted by molar-refractivity contribution is 8.02. The van der Waals surface area contributed by atoms with Crippen LogP contribution in [0.5, 0.6) is 0 Å². The van der Waals surface area contributed by atoms with Crippen LogP contribution >= 0.6 is 0 Å². The van der Waals surface area contributed by atoms with Crippen molar-refractivity contribution in [2.45, 2.75) is 12.4 Å². The average molecular weight is 124 g/mol. The van der Waals surface area contributed by atoms with Crippen molar-refractivity contribution in [1.82, 2.24) is 0 Å². The molecule has 0 bridgehead atoms. The highest BCUT2D eigenvalue weighted by Crippen LogP contribution is 1.98. The predicted molar refractivity (Wildman–Crippen MR) is 33.1 cm³/mol. The molecule has 0 aliphatic rings. The van der Waals surface area contributed by atoms with Gasteiger partial charge in [-0.3, -0.25) is 4.21 Å². The van der Waals surface area contributed by atoms with Gasteiger partial charge < -0.3 is 5.11 Å². The molecule has 3 heteroatoms. The van der Waals surface area contributed by atoms with Crippen LogP contribution < -0.4 is 0 Å². The fourth-order valence-electron chi connectivity index (χ4n) is 0. The van der Waals surface area contributed by atoms with Crippen molar-refractivity contribution >= 4 is 9.93 Å². The number of aliphatic hydroxyl groups excluding tert-OH is 1. The molecule has 0 radical (unpaired) electrons. The van der Waals surface area contributed by atoms with E-state index in [1.807, 2.05) is 0 Å². The molecule has 0 amide bonds. The van der Waals surface area contributed by atoms with Gasteiger partial charge in [-0.25, -0.2) is 0 Å². The van der Waals surface area contributed by atoms with Crippen LogP contribution in [0.1, 0.15) is 6.92 Å². The number of thiol groups is 1. The third-order valence-electron chi connectivity index (χ3n) is 0.900. The van der Waals surface area contributed by atoms with Gasteiger partial charge in [0.2, 0.25) is 0 Å². The Labute approximate surface area is 45.0 Å². The highest BCUT2D eigenvalue weighted by atomic mass is 32.2. The summed E-state index contributed by atoms with van der Waals surface area (Å²) in [4.78, 5) is 0. The van der Waals surface area contributed by atoms with E-state index in [2.05, 4.69) is 0 Å². The van der Waals surface area contributed by atoms with Gasteiger partial charge in [0.25, 0.3) is 0 Å². The summed E-state index contributed by atoms with van der Waals surface area (Å²) in [7, 11) is -2.18. The van der Waals surface area contributed by atoms with Crippen LogP contribution in [0.2, 0.25) is 0 Å². The predicted octanol–water partition coefficient (Wildman–Crippen LogP) is -0.399. The molecule has 0 saturated carbocycles. The number of rotatable bonds is 1. The molecular weight excluding hydrogens is 112 g/mol. The van der Waals surface area contributed by atoms with E-state index in [1.54, 1.807) is 19.4 Å². The molecule has 0 aromatic carbocycles. The molecule has 0 aromatic heterocycles. The van der Waals surface area contributed by atoms with Crippen molar-refractivity contribution in [3.05, 3.63) is 0 Å². The molecule has 7 heavy (non-hydrogen) atoms. The quantitative estimate of drug-likeness (QED) is 0.467. The van der Waals surface area contributed by atoms with Crippen LogP contribution in [0, 0.1) is 0 Å². The minimum Gasteiger partial charge on any atom is -0.382 e. The molecule has 0 aliphatic carbocycles. The maximum absolute atomic E-state index is 10.7. The van der Waals surface area contributed by atoms with Gasteiger partial charge in [-0.05, 0) is 19.4 Å². The standard InChI is InChI=1S/C4H12O2S/c1-4(5)7(2,3)6/h4-5,7H,1-3H3. The van der Waals surface area contributed by atoms with Crippen molar-refractivity contribution in [1.29, 1.82) is 0 Å². The van der Waals surface area contributed by atoms with Crippen LogP contribution in [0.4, 0.5) is 0 Å². The minimum absolute atomic E-state index is 0.646. The van der Waals surface area contributed by atoms with Gasteiger partial charge in [0, 0.05) is 0 Å². The van der Waals surface area contributed by atoms with Crippen LogP contribution in [0.3, 0.4) is 0 Å². The van der Waals surface area contributed by atoms with E-state index in [9.17, 15) is 4.21 Å². The molecule has 0 fully saturated rings. The summed E-state index contributed by atoms with van der Waals surface area (Å²) in [5.41, 5.74) is -0.646.